The van der Waals surface area contributed by atoms with E-state index in [0.717, 1.165) is 16.9 Å². The van der Waals surface area contributed by atoms with Gasteiger partial charge in [-0.05, 0) is 35.7 Å². The number of nitrogens with zero attached hydrogens (tertiary/aromatic N) is 1. The van der Waals surface area contributed by atoms with Crippen LogP contribution in [-0.4, -0.2) is 12.4 Å². The van der Waals surface area contributed by atoms with Gasteiger partial charge in [0.25, 0.3) is 0 Å². The molecule has 0 aliphatic carbocycles. The third-order valence-corrected chi connectivity index (χ3v) is 4.06. The molecule has 122 valence electrons. The molecule has 2 aromatic rings. The Morgan fingerprint density at radius 2 is 2.12 bits per heavy atom. The summed E-state index contributed by atoms with van der Waals surface area (Å²) in [5, 5.41) is 8.98. The maximum Gasteiger partial charge on any atom is 0.170 e. The Balaban J connectivity index is 1.90. The van der Waals surface area contributed by atoms with Gasteiger partial charge in [0, 0.05) is 12.0 Å². The van der Waals surface area contributed by atoms with Crippen molar-refractivity contribution in [1.29, 1.82) is 5.26 Å². The van der Waals surface area contributed by atoms with Crippen LogP contribution in [0.5, 0.6) is 11.5 Å². The summed E-state index contributed by atoms with van der Waals surface area (Å²) in [6.07, 6.45) is 0.422. The van der Waals surface area contributed by atoms with Gasteiger partial charge in [-0.2, -0.15) is 5.26 Å². The van der Waals surface area contributed by atoms with Crippen molar-refractivity contribution in [2.24, 2.45) is 0 Å². The van der Waals surface area contributed by atoms with Gasteiger partial charge in [-0.3, -0.25) is 4.79 Å². The normalized spacial score (nSPS) is 13.2. The first-order chi connectivity index (χ1) is 11.6. The third kappa shape index (κ3) is 3.11. The molecule has 0 radical (unpaired) electrons. The van der Waals surface area contributed by atoms with Gasteiger partial charge in [-0.1, -0.05) is 26.0 Å². The number of nitriles is 1. The van der Waals surface area contributed by atoms with Crippen LogP contribution in [0.15, 0.2) is 36.4 Å². The van der Waals surface area contributed by atoms with Crippen LogP contribution in [0.25, 0.3) is 0 Å². The molecule has 0 bridgehead atoms. The second-order valence-electron chi connectivity index (χ2n) is 6.13. The van der Waals surface area contributed by atoms with Crippen molar-refractivity contribution in [3.8, 4) is 17.6 Å². The lowest BCUT2D eigenvalue weighted by Crippen LogP contribution is -2.17. The molecule has 0 aromatic heterocycles. The van der Waals surface area contributed by atoms with E-state index < -0.39 is 0 Å². The molecule has 0 amide bonds. The predicted octanol–water partition coefficient (Wildman–Crippen LogP) is 4.23. The van der Waals surface area contributed by atoms with Crippen LogP contribution >= 0.6 is 0 Å². The molecular formula is C20H19NO3. The Bertz CT molecular complexity index is 818. The monoisotopic (exact) mass is 321 g/mol. The highest BCUT2D eigenvalue weighted by Crippen LogP contribution is 2.40. The number of carbonyl (C=O) groups is 1. The summed E-state index contributed by atoms with van der Waals surface area (Å²) in [6, 6.07) is 13.1. The van der Waals surface area contributed by atoms with E-state index in [1.165, 1.54) is 0 Å². The van der Waals surface area contributed by atoms with Gasteiger partial charge >= 0.3 is 0 Å². The average Bonchev–Trinajstić information content (AvgIpc) is 2.59. The topological polar surface area (TPSA) is 59.3 Å². The number of rotatable bonds is 4. The maximum atomic E-state index is 12.1. The molecule has 1 heterocycles. The van der Waals surface area contributed by atoms with Gasteiger partial charge in [-0.15, -0.1) is 0 Å². The first-order valence-corrected chi connectivity index (χ1v) is 8.05. The molecule has 1 aliphatic heterocycles. The van der Waals surface area contributed by atoms with E-state index in [9.17, 15) is 4.79 Å². The molecule has 0 N–H and O–H groups in total. The summed E-state index contributed by atoms with van der Waals surface area (Å²) in [4.78, 5) is 12.1. The number of fused-ring (bicyclic) bond motifs is 1. The highest BCUT2D eigenvalue weighted by Gasteiger charge is 2.25. The predicted molar refractivity (Wildman–Crippen MR) is 90.5 cm³/mol. The second kappa shape index (κ2) is 6.76. The molecule has 0 saturated carbocycles. The lowest BCUT2D eigenvalue weighted by atomic mass is 9.94. The molecule has 0 spiro atoms. The molecule has 4 nitrogen and oxygen atoms in total. The largest absolute Gasteiger partial charge is 0.492 e. The Kier molecular flexibility index (Phi) is 4.52. The Labute approximate surface area is 141 Å². The van der Waals surface area contributed by atoms with E-state index >= 15 is 0 Å². The Morgan fingerprint density at radius 1 is 1.29 bits per heavy atom. The van der Waals surface area contributed by atoms with E-state index in [2.05, 4.69) is 19.9 Å². The Hall–Kier alpha value is -2.80. The molecule has 4 heteroatoms. The van der Waals surface area contributed by atoms with Crippen LogP contribution in [0.2, 0.25) is 0 Å². The number of ketones is 1. The molecule has 3 rings (SSSR count). The maximum absolute atomic E-state index is 12.1. The number of hydrogen-bond donors (Lipinski definition) is 0. The minimum Gasteiger partial charge on any atom is -0.492 e. The lowest BCUT2D eigenvalue weighted by molar-refractivity contribution is 0.0932. The van der Waals surface area contributed by atoms with Gasteiger partial charge in [0.15, 0.2) is 5.78 Å². The highest BCUT2D eigenvalue weighted by atomic mass is 16.5. The molecule has 0 atom stereocenters. The number of ether oxygens (including phenoxy) is 2. The third-order valence-electron chi connectivity index (χ3n) is 4.06. The zero-order valence-corrected chi connectivity index (χ0v) is 13.8. The van der Waals surface area contributed by atoms with Crippen LogP contribution in [-0.2, 0) is 6.61 Å². The standard InChI is InChI=1S/C20H19NO3/c1-13(2)19-18(7-6-16-17(22)8-9-23-20(16)19)24-12-15-5-3-4-14(10-15)11-21/h3-7,10,13H,8-9,12H2,1-2H3. The van der Waals surface area contributed by atoms with Crippen molar-refractivity contribution >= 4 is 5.78 Å². The average molecular weight is 321 g/mol. The lowest BCUT2D eigenvalue weighted by Gasteiger charge is -2.24. The fraction of sp³-hybridized carbons (Fsp3) is 0.300. The number of benzene rings is 2. The molecule has 0 unspecified atom stereocenters. The smallest absolute Gasteiger partial charge is 0.170 e. The fourth-order valence-electron chi connectivity index (χ4n) is 2.90. The van der Waals surface area contributed by atoms with Gasteiger partial charge in [0.05, 0.1) is 23.8 Å². The van der Waals surface area contributed by atoms with E-state index in [1.807, 2.05) is 24.3 Å². The van der Waals surface area contributed by atoms with Crippen molar-refractivity contribution in [1.82, 2.24) is 0 Å². The number of Topliss-reactive ketones (excluding diaryl/α,β-unsaturated/α-hetero) is 1. The van der Waals surface area contributed by atoms with Crippen LogP contribution in [0.1, 0.15) is 53.2 Å². The Morgan fingerprint density at radius 3 is 2.88 bits per heavy atom. The summed E-state index contributed by atoms with van der Waals surface area (Å²) in [6.45, 7) is 4.89. The molecule has 1 aliphatic rings. The molecule has 2 aromatic carbocycles. The SMILES string of the molecule is CC(C)c1c(OCc2cccc(C#N)c2)ccc2c1OCCC2=O. The van der Waals surface area contributed by atoms with E-state index in [4.69, 9.17) is 14.7 Å². The summed E-state index contributed by atoms with van der Waals surface area (Å²) in [7, 11) is 0. The van der Waals surface area contributed by atoms with Crippen molar-refractivity contribution < 1.29 is 14.3 Å². The van der Waals surface area contributed by atoms with Gasteiger partial charge < -0.3 is 9.47 Å². The zero-order valence-electron chi connectivity index (χ0n) is 13.8. The molecule has 0 fully saturated rings. The first-order valence-electron chi connectivity index (χ1n) is 8.05. The highest BCUT2D eigenvalue weighted by molar-refractivity contribution is 6.00. The van der Waals surface area contributed by atoms with Crippen molar-refractivity contribution in [2.75, 3.05) is 6.61 Å². The fourth-order valence-corrected chi connectivity index (χ4v) is 2.90. The van der Waals surface area contributed by atoms with Gasteiger partial charge in [0.2, 0.25) is 0 Å². The van der Waals surface area contributed by atoms with Crippen molar-refractivity contribution in [3.63, 3.8) is 0 Å². The minimum absolute atomic E-state index is 0.117. The van der Waals surface area contributed by atoms with Crippen LogP contribution < -0.4 is 9.47 Å². The summed E-state index contributed by atoms with van der Waals surface area (Å²) in [5.41, 5.74) is 3.11. The summed E-state index contributed by atoms with van der Waals surface area (Å²) < 4.78 is 11.8. The summed E-state index contributed by atoms with van der Waals surface area (Å²) >= 11 is 0. The van der Waals surface area contributed by atoms with Crippen LogP contribution in [0.3, 0.4) is 0 Å². The van der Waals surface area contributed by atoms with Crippen LogP contribution in [0.4, 0.5) is 0 Å². The van der Waals surface area contributed by atoms with E-state index in [1.54, 1.807) is 12.1 Å². The molecule has 0 saturated heterocycles. The van der Waals surface area contributed by atoms with Crippen molar-refractivity contribution in [2.45, 2.75) is 32.8 Å². The number of hydrogen-bond acceptors (Lipinski definition) is 4. The summed E-state index contributed by atoms with van der Waals surface area (Å²) in [5.74, 6) is 1.67. The minimum atomic E-state index is 0.117. The van der Waals surface area contributed by atoms with Gasteiger partial charge in [0.1, 0.15) is 18.1 Å². The molecular weight excluding hydrogens is 302 g/mol. The van der Waals surface area contributed by atoms with Crippen molar-refractivity contribution in [3.05, 3.63) is 58.7 Å². The van der Waals surface area contributed by atoms with Gasteiger partial charge in [-0.25, -0.2) is 0 Å². The zero-order chi connectivity index (χ0) is 17.1. The number of carbonyl (C=O) groups excluding carboxylic acids is 1. The quantitative estimate of drug-likeness (QED) is 0.845. The second-order valence-corrected chi connectivity index (χ2v) is 6.13. The van der Waals surface area contributed by atoms with Crippen LogP contribution in [0, 0.1) is 11.3 Å². The first kappa shape index (κ1) is 16.1. The molecule has 24 heavy (non-hydrogen) atoms. The van der Waals surface area contributed by atoms with E-state index in [0.29, 0.717) is 36.5 Å². The van der Waals surface area contributed by atoms with E-state index in [-0.39, 0.29) is 11.7 Å².